The number of nitrogens with zero attached hydrogens (tertiary/aromatic N) is 1. The first-order valence-electron chi connectivity index (χ1n) is 10.2. The number of pyridine rings is 1. The minimum atomic E-state index is -0.658. The first-order chi connectivity index (χ1) is 13.8. The van der Waals surface area contributed by atoms with E-state index in [1.807, 2.05) is 33.2 Å². The summed E-state index contributed by atoms with van der Waals surface area (Å²) in [6.07, 6.45) is 2.04. The van der Waals surface area contributed by atoms with Crippen LogP contribution in [-0.2, 0) is 7.05 Å². The van der Waals surface area contributed by atoms with Crippen molar-refractivity contribution in [1.29, 1.82) is 0 Å². The third kappa shape index (κ3) is 2.45. The Morgan fingerprint density at radius 3 is 2.46 bits per heavy atom. The van der Waals surface area contributed by atoms with Gasteiger partial charge in [-0.1, -0.05) is 56.3 Å². The molecule has 138 valence electrons. The third-order valence-corrected chi connectivity index (χ3v) is 5.72. The highest BCUT2D eigenvalue weighted by Crippen LogP contribution is 2.39. The first-order valence-corrected chi connectivity index (χ1v) is 9.69. The molecule has 0 amide bonds. The van der Waals surface area contributed by atoms with Crippen LogP contribution in [0.1, 0.15) is 32.2 Å². The van der Waals surface area contributed by atoms with Crippen LogP contribution in [0.15, 0.2) is 71.3 Å². The smallest absolute Gasteiger partial charge is 0.216 e. The van der Waals surface area contributed by atoms with Crippen LogP contribution in [0.25, 0.3) is 44.0 Å². The molecule has 0 bridgehead atoms. The summed E-state index contributed by atoms with van der Waals surface area (Å²) in [5.74, 6) is -0.658. The number of furan rings is 1. The van der Waals surface area contributed by atoms with Gasteiger partial charge < -0.3 is 4.42 Å². The molecule has 2 heteroatoms. The van der Waals surface area contributed by atoms with Gasteiger partial charge in [0.2, 0.25) is 5.69 Å². The third-order valence-electron chi connectivity index (χ3n) is 5.72. The lowest BCUT2D eigenvalue weighted by Crippen LogP contribution is -2.31. The van der Waals surface area contributed by atoms with Crippen LogP contribution in [-0.4, -0.2) is 0 Å². The van der Waals surface area contributed by atoms with Crippen molar-refractivity contribution in [3.8, 4) is 11.3 Å². The van der Waals surface area contributed by atoms with Crippen LogP contribution < -0.4 is 4.57 Å². The molecule has 0 saturated carbocycles. The van der Waals surface area contributed by atoms with Crippen molar-refractivity contribution in [2.45, 2.75) is 26.7 Å². The summed E-state index contributed by atoms with van der Waals surface area (Å²) in [4.78, 5) is 0. The van der Waals surface area contributed by atoms with E-state index in [0.717, 1.165) is 49.7 Å². The van der Waals surface area contributed by atoms with Crippen molar-refractivity contribution in [1.82, 2.24) is 0 Å². The van der Waals surface area contributed by atoms with Crippen LogP contribution in [0.4, 0.5) is 0 Å². The van der Waals surface area contributed by atoms with Crippen LogP contribution in [0.2, 0.25) is 0 Å². The van der Waals surface area contributed by atoms with Crippen molar-refractivity contribution >= 4 is 32.7 Å². The molecular weight excluding hydrogens is 342 g/mol. The van der Waals surface area contributed by atoms with Gasteiger partial charge in [-0.05, 0) is 35.4 Å². The van der Waals surface area contributed by atoms with E-state index in [0.29, 0.717) is 0 Å². The summed E-state index contributed by atoms with van der Waals surface area (Å²) in [6.45, 7) is 5.97. The number of aromatic nitrogens is 1. The van der Waals surface area contributed by atoms with Gasteiger partial charge in [0.05, 0.1) is 5.56 Å². The number of fused-ring (bicyclic) bond motifs is 5. The number of hydrogen-bond donors (Lipinski definition) is 0. The normalized spacial score (nSPS) is 12.8. The fourth-order valence-electron chi connectivity index (χ4n) is 4.11. The Morgan fingerprint density at radius 2 is 1.64 bits per heavy atom. The summed E-state index contributed by atoms with van der Waals surface area (Å²) >= 11 is 0. The molecule has 0 aliphatic heterocycles. The minimum Gasteiger partial charge on any atom is -0.454 e. The minimum absolute atomic E-state index is 0.658. The Hall–Kier alpha value is -3.13. The fraction of sp³-hybridized carbons (Fsp3) is 0.192. The van der Waals surface area contributed by atoms with E-state index in [4.69, 9.17) is 5.79 Å². The lowest BCUT2D eigenvalue weighted by atomic mass is 9.97. The van der Waals surface area contributed by atoms with E-state index < -0.39 is 5.89 Å². The quantitative estimate of drug-likeness (QED) is 0.319. The average Bonchev–Trinajstić information content (AvgIpc) is 3.07. The Bertz CT molecular complexity index is 1410. The lowest BCUT2D eigenvalue weighted by molar-refractivity contribution is -0.660. The predicted octanol–water partition coefficient (Wildman–Crippen LogP) is 6.66. The molecule has 0 atom stereocenters. The van der Waals surface area contributed by atoms with Crippen molar-refractivity contribution in [2.75, 3.05) is 0 Å². The van der Waals surface area contributed by atoms with Gasteiger partial charge in [-0.15, -0.1) is 0 Å². The van der Waals surface area contributed by atoms with Gasteiger partial charge in [-0.25, -0.2) is 4.57 Å². The fourth-order valence-corrected chi connectivity index (χ4v) is 4.11. The summed E-state index contributed by atoms with van der Waals surface area (Å²) in [5.41, 5.74) is 6.15. The largest absolute Gasteiger partial charge is 0.454 e. The maximum absolute atomic E-state index is 8.46. The number of rotatable bonds is 2. The first kappa shape index (κ1) is 15.9. The number of aryl methyl sites for hydroxylation is 2. The van der Waals surface area contributed by atoms with E-state index >= 15 is 0 Å². The SMILES string of the molecule is [2H]C(C)(C)c1cc[n+](C)c(-c2c(C)ccc3c2oc2c4ccccc4ccc32)c1. The summed E-state index contributed by atoms with van der Waals surface area (Å²) in [5, 5.41) is 4.58. The standard InChI is InChI=1S/C26H24NO/c1-16(2)19-13-14-27(4)23(15-19)24-17(3)9-11-22-21-12-10-18-7-5-6-8-20(18)25(21)28-26(22)24/h5-16H,1-4H3/q+1/i16D. The van der Waals surface area contributed by atoms with Crippen LogP contribution >= 0.6 is 0 Å². The number of hydrogen-bond acceptors (Lipinski definition) is 1. The predicted molar refractivity (Wildman–Crippen MR) is 117 cm³/mol. The average molecular weight is 367 g/mol. The van der Waals surface area contributed by atoms with E-state index in [1.54, 1.807) is 0 Å². The highest BCUT2D eigenvalue weighted by atomic mass is 16.3. The van der Waals surface area contributed by atoms with Crippen LogP contribution in [0.5, 0.6) is 0 Å². The van der Waals surface area contributed by atoms with Gasteiger partial charge in [-0.2, -0.15) is 0 Å². The zero-order valence-electron chi connectivity index (χ0n) is 17.7. The zero-order valence-corrected chi connectivity index (χ0v) is 16.7. The Labute approximate surface area is 166 Å². The molecule has 0 aliphatic rings. The molecule has 3 aromatic carbocycles. The van der Waals surface area contributed by atoms with Gasteiger partial charge in [0.25, 0.3) is 0 Å². The molecule has 0 spiro atoms. The molecule has 2 aromatic heterocycles. The van der Waals surface area contributed by atoms with E-state index in [2.05, 4.69) is 66.1 Å². The molecule has 0 N–H and O–H groups in total. The van der Waals surface area contributed by atoms with E-state index in [-0.39, 0.29) is 0 Å². The van der Waals surface area contributed by atoms with E-state index in [9.17, 15) is 0 Å². The molecule has 2 heterocycles. The Kier molecular flexibility index (Phi) is 3.52. The summed E-state index contributed by atoms with van der Waals surface area (Å²) < 4.78 is 17.1. The molecule has 5 rings (SSSR count). The van der Waals surface area contributed by atoms with E-state index in [1.165, 1.54) is 5.39 Å². The van der Waals surface area contributed by atoms with Gasteiger partial charge in [0.15, 0.2) is 6.20 Å². The topological polar surface area (TPSA) is 17.0 Å². The molecule has 0 aliphatic carbocycles. The molecule has 28 heavy (non-hydrogen) atoms. The van der Waals surface area contributed by atoms with Crippen molar-refractivity contribution < 1.29 is 10.4 Å². The number of benzene rings is 3. The molecule has 0 fully saturated rings. The second kappa shape index (κ2) is 6.20. The monoisotopic (exact) mass is 367 g/mol. The molecular formula is C26H24NO+. The molecule has 2 nitrogen and oxygen atoms in total. The van der Waals surface area contributed by atoms with Crippen molar-refractivity contribution in [3.63, 3.8) is 0 Å². The molecule has 5 aromatic rings. The second-order valence-electron chi connectivity index (χ2n) is 7.81. The lowest BCUT2D eigenvalue weighted by Gasteiger charge is -2.09. The molecule has 0 radical (unpaired) electrons. The van der Waals surface area contributed by atoms with Gasteiger partial charge >= 0.3 is 0 Å². The highest BCUT2D eigenvalue weighted by molar-refractivity contribution is 6.17. The van der Waals surface area contributed by atoms with Gasteiger partial charge in [0.1, 0.15) is 18.2 Å². The Morgan fingerprint density at radius 1 is 0.893 bits per heavy atom. The molecule has 0 saturated heterocycles. The highest BCUT2D eigenvalue weighted by Gasteiger charge is 2.22. The molecule has 0 unspecified atom stereocenters. The van der Waals surface area contributed by atoms with Crippen LogP contribution in [0.3, 0.4) is 0 Å². The summed E-state index contributed by atoms with van der Waals surface area (Å²) in [6, 6.07) is 21.2. The van der Waals surface area contributed by atoms with Crippen LogP contribution in [0, 0.1) is 6.92 Å². The van der Waals surface area contributed by atoms with Gasteiger partial charge in [-0.3, -0.25) is 0 Å². The zero-order chi connectivity index (χ0) is 20.3. The maximum Gasteiger partial charge on any atom is 0.216 e. The maximum atomic E-state index is 8.46. The Balaban J connectivity index is 1.90. The second-order valence-corrected chi connectivity index (χ2v) is 7.81. The summed E-state index contributed by atoms with van der Waals surface area (Å²) in [7, 11) is 2.05. The van der Waals surface area contributed by atoms with Gasteiger partial charge in [0, 0.05) is 29.7 Å². The van der Waals surface area contributed by atoms with Crippen molar-refractivity contribution in [2.24, 2.45) is 7.05 Å². The van der Waals surface area contributed by atoms with Crippen molar-refractivity contribution in [3.05, 3.63) is 78.0 Å².